The molecular weight excluding hydrogens is 205 g/mol. The Morgan fingerprint density at radius 1 is 1.23 bits per heavy atom. The number of alkyl halides is 1. The summed E-state index contributed by atoms with van der Waals surface area (Å²) in [4.78, 5) is 0. The van der Waals surface area contributed by atoms with Crippen molar-refractivity contribution in [2.75, 3.05) is 5.88 Å². The molecule has 1 rings (SSSR count). The van der Waals surface area contributed by atoms with Crippen molar-refractivity contribution in [3.05, 3.63) is 35.1 Å². The molecule has 0 radical (unpaired) electrons. The van der Waals surface area contributed by atoms with Gasteiger partial charge >= 0.3 is 0 Å². The minimum Gasteiger partial charge on any atom is -0.387 e. The molecule has 0 aliphatic carbocycles. The molecule has 0 bridgehead atoms. The molecular formula is C8H6ClF3O. The first kappa shape index (κ1) is 10.3. The van der Waals surface area contributed by atoms with Crippen molar-refractivity contribution in [1.29, 1.82) is 0 Å². The summed E-state index contributed by atoms with van der Waals surface area (Å²) in [5, 5.41) is 9.04. The molecule has 0 amide bonds. The Morgan fingerprint density at radius 3 is 2.31 bits per heavy atom. The highest BCUT2D eigenvalue weighted by Gasteiger charge is 2.19. The number of aliphatic hydroxyl groups excluding tert-OH is 1. The minimum atomic E-state index is -1.53. The Hall–Kier alpha value is -0.740. The summed E-state index contributed by atoms with van der Waals surface area (Å²) in [6, 6.07) is 1.39. The predicted molar refractivity (Wildman–Crippen MR) is 42.0 cm³/mol. The number of benzene rings is 1. The van der Waals surface area contributed by atoms with Gasteiger partial charge in [0.05, 0.1) is 17.5 Å². The van der Waals surface area contributed by atoms with Crippen LogP contribution in [0.2, 0.25) is 0 Å². The van der Waals surface area contributed by atoms with Gasteiger partial charge in [-0.15, -0.1) is 11.6 Å². The van der Waals surface area contributed by atoms with Gasteiger partial charge in [-0.1, -0.05) is 0 Å². The summed E-state index contributed by atoms with van der Waals surface area (Å²) in [5.74, 6) is -4.00. The summed E-state index contributed by atoms with van der Waals surface area (Å²) >= 11 is 5.18. The van der Waals surface area contributed by atoms with Gasteiger partial charge in [-0.25, -0.2) is 13.2 Å². The third kappa shape index (κ3) is 1.95. The van der Waals surface area contributed by atoms with Gasteiger partial charge < -0.3 is 5.11 Å². The van der Waals surface area contributed by atoms with Crippen LogP contribution in [0.1, 0.15) is 11.7 Å². The molecule has 0 aromatic heterocycles. The molecule has 0 saturated carbocycles. The van der Waals surface area contributed by atoms with E-state index in [0.717, 1.165) is 6.07 Å². The van der Waals surface area contributed by atoms with Crippen molar-refractivity contribution in [2.45, 2.75) is 6.10 Å². The summed E-state index contributed by atoms with van der Waals surface area (Å²) < 4.78 is 38.3. The lowest BCUT2D eigenvalue weighted by atomic mass is 10.1. The summed E-state index contributed by atoms with van der Waals surface area (Å²) in [6.45, 7) is 0. The predicted octanol–water partition coefficient (Wildman–Crippen LogP) is 2.38. The molecule has 72 valence electrons. The maximum absolute atomic E-state index is 12.9. The first-order chi connectivity index (χ1) is 6.07. The van der Waals surface area contributed by atoms with Gasteiger partial charge in [0.1, 0.15) is 5.82 Å². The van der Waals surface area contributed by atoms with Crippen LogP contribution in [-0.4, -0.2) is 11.0 Å². The van der Waals surface area contributed by atoms with Crippen LogP contribution in [0.4, 0.5) is 13.2 Å². The van der Waals surface area contributed by atoms with Crippen LogP contribution in [0.3, 0.4) is 0 Å². The Kier molecular flexibility index (Phi) is 3.17. The first-order valence-electron chi connectivity index (χ1n) is 3.45. The van der Waals surface area contributed by atoms with Crippen molar-refractivity contribution in [3.8, 4) is 0 Å². The lowest BCUT2D eigenvalue weighted by molar-refractivity contribution is 0.190. The second-order valence-corrected chi connectivity index (χ2v) is 2.74. The zero-order valence-electron chi connectivity index (χ0n) is 6.40. The number of hydrogen-bond donors (Lipinski definition) is 1. The molecule has 0 aliphatic rings. The van der Waals surface area contributed by atoms with E-state index in [2.05, 4.69) is 0 Å². The van der Waals surface area contributed by atoms with E-state index in [4.69, 9.17) is 16.7 Å². The van der Waals surface area contributed by atoms with Crippen LogP contribution in [0.5, 0.6) is 0 Å². The number of aliphatic hydroxyl groups is 1. The highest BCUT2D eigenvalue weighted by Crippen LogP contribution is 2.23. The van der Waals surface area contributed by atoms with Crippen LogP contribution < -0.4 is 0 Å². The smallest absolute Gasteiger partial charge is 0.167 e. The molecule has 0 saturated heterocycles. The highest BCUT2D eigenvalue weighted by atomic mass is 35.5. The monoisotopic (exact) mass is 210 g/mol. The van der Waals surface area contributed by atoms with Crippen LogP contribution in [0.25, 0.3) is 0 Å². The van der Waals surface area contributed by atoms with Crippen molar-refractivity contribution < 1.29 is 18.3 Å². The fraction of sp³-hybridized carbons (Fsp3) is 0.250. The molecule has 13 heavy (non-hydrogen) atoms. The normalized spacial score (nSPS) is 13.0. The Labute approximate surface area is 77.8 Å². The van der Waals surface area contributed by atoms with Gasteiger partial charge in [0.2, 0.25) is 0 Å². The molecule has 1 aromatic carbocycles. The van der Waals surface area contributed by atoms with E-state index in [-0.39, 0.29) is 0 Å². The maximum Gasteiger partial charge on any atom is 0.167 e. The van der Waals surface area contributed by atoms with E-state index in [1.807, 2.05) is 0 Å². The van der Waals surface area contributed by atoms with Crippen LogP contribution in [0, 0.1) is 17.5 Å². The first-order valence-corrected chi connectivity index (χ1v) is 3.98. The zero-order chi connectivity index (χ0) is 10.0. The maximum atomic E-state index is 12.9. The van der Waals surface area contributed by atoms with E-state index >= 15 is 0 Å². The largest absolute Gasteiger partial charge is 0.387 e. The molecule has 1 nitrogen and oxygen atoms in total. The fourth-order valence-corrected chi connectivity index (χ4v) is 1.08. The summed E-state index contributed by atoms with van der Waals surface area (Å²) in [7, 11) is 0. The van der Waals surface area contributed by atoms with Gasteiger partial charge in [-0.05, 0) is 12.1 Å². The van der Waals surface area contributed by atoms with Crippen molar-refractivity contribution in [1.82, 2.24) is 0 Å². The van der Waals surface area contributed by atoms with E-state index in [1.165, 1.54) is 0 Å². The van der Waals surface area contributed by atoms with E-state index < -0.39 is 35.0 Å². The second kappa shape index (κ2) is 3.98. The Morgan fingerprint density at radius 2 is 1.77 bits per heavy atom. The van der Waals surface area contributed by atoms with Gasteiger partial charge in [-0.2, -0.15) is 0 Å². The molecule has 0 aliphatic heterocycles. The molecule has 1 N–H and O–H groups in total. The Bertz CT molecular complexity index is 317. The van der Waals surface area contributed by atoms with Crippen molar-refractivity contribution in [2.24, 2.45) is 0 Å². The lowest BCUT2D eigenvalue weighted by Crippen LogP contribution is -2.07. The average molecular weight is 211 g/mol. The lowest BCUT2D eigenvalue weighted by Gasteiger charge is -2.09. The van der Waals surface area contributed by atoms with E-state index in [1.54, 1.807) is 0 Å². The van der Waals surface area contributed by atoms with Gasteiger partial charge in [0, 0.05) is 0 Å². The molecule has 5 heteroatoms. The molecule has 1 aromatic rings. The topological polar surface area (TPSA) is 20.2 Å². The third-order valence-electron chi connectivity index (χ3n) is 1.56. The van der Waals surface area contributed by atoms with Gasteiger partial charge in [0.15, 0.2) is 11.6 Å². The standard InChI is InChI=1S/C8H6ClF3O/c9-3-6(13)7-4(10)1-2-5(11)8(7)12/h1-2,6,13H,3H2/t6-/m0/s1. The highest BCUT2D eigenvalue weighted by molar-refractivity contribution is 6.18. The van der Waals surface area contributed by atoms with Gasteiger partial charge in [0.25, 0.3) is 0 Å². The molecule has 0 fully saturated rings. The zero-order valence-corrected chi connectivity index (χ0v) is 7.15. The molecule has 1 atom stereocenters. The average Bonchev–Trinajstić information content (AvgIpc) is 2.12. The SMILES string of the molecule is O[C@@H](CCl)c1c(F)ccc(F)c1F. The molecule has 0 spiro atoms. The number of hydrogen-bond acceptors (Lipinski definition) is 1. The minimum absolute atomic E-state index is 0.392. The number of halogens is 4. The summed E-state index contributed by atoms with van der Waals surface area (Å²) in [6.07, 6.45) is -1.53. The van der Waals surface area contributed by atoms with E-state index in [9.17, 15) is 13.2 Å². The van der Waals surface area contributed by atoms with E-state index in [0.29, 0.717) is 6.07 Å². The van der Waals surface area contributed by atoms with Crippen LogP contribution in [0.15, 0.2) is 12.1 Å². The van der Waals surface area contributed by atoms with Crippen LogP contribution in [-0.2, 0) is 0 Å². The van der Waals surface area contributed by atoms with Crippen LogP contribution >= 0.6 is 11.6 Å². The second-order valence-electron chi connectivity index (χ2n) is 2.43. The Balaban J connectivity index is 3.25. The quantitative estimate of drug-likeness (QED) is 0.587. The van der Waals surface area contributed by atoms with Gasteiger partial charge in [-0.3, -0.25) is 0 Å². The van der Waals surface area contributed by atoms with Crippen molar-refractivity contribution in [3.63, 3.8) is 0 Å². The summed E-state index contributed by atoms with van der Waals surface area (Å²) in [5.41, 5.74) is -0.727. The third-order valence-corrected chi connectivity index (χ3v) is 1.85. The fourth-order valence-electron chi connectivity index (χ4n) is 0.925. The molecule has 0 heterocycles. The molecule has 0 unspecified atom stereocenters. The number of rotatable bonds is 2. The van der Waals surface area contributed by atoms with Crippen molar-refractivity contribution >= 4 is 11.6 Å².